The Hall–Kier alpha value is -1.88. The van der Waals surface area contributed by atoms with Gasteiger partial charge in [0.15, 0.2) is 0 Å². The molecule has 1 aromatic carbocycles. The predicted molar refractivity (Wildman–Crippen MR) is 72.8 cm³/mol. The molecule has 5 nitrogen and oxygen atoms in total. The number of Topliss-reactive ketones (excluding diaryl/α,β-unsaturated/α-hetero) is 1. The van der Waals surface area contributed by atoms with Crippen molar-refractivity contribution in [2.24, 2.45) is 5.92 Å². The molecule has 5 heteroatoms. The van der Waals surface area contributed by atoms with Crippen LogP contribution >= 0.6 is 0 Å². The molecule has 1 aliphatic heterocycles. The van der Waals surface area contributed by atoms with E-state index in [2.05, 4.69) is 5.32 Å². The minimum Gasteiger partial charge on any atom is -0.497 e. The molecule has 1 aliphatic rings. The SMILES string of the molecule is CNCC(C)CN1C(=O)C(=O)c2ccc(OC)cc21. The molecular formula is C14H18N2O3. The molecule has 102 valence electrons. The molecule has 1 aromatic rings. The molecule has 1 atom stereocenters. The number of hydrogen-bond donors (Lipinski definition) is 1. The first kappa shape index (κ1) is 13.5. The van der Waals surface area contributed by atoms with Gasteiger partial charge < -0.3 is 15.0 Å². The minimum absolute atomic E-state index is 0.263. The second-order valence-electron chi connectivity index (χ2n) is 4.79. The maximum Gasteiger partial charge on any atom is 0.299 e. The van der Waals surface area contributed by atoms with Crippen LogP contribution in [0.25, 0.3) is 0 Å². The number of hydrogen-bond acceptors (Lipinski definition) is 4. The third kappa shape index (κ3) is 2.46. The van der Waals surface area contributed by atoms with E-state index in [1.807, 2.05) is 14.0 Å². The summed E-state index contributed by atoms with van der Waals surface area (Å²) in [6.45, 7) is 3.34. The van der Waals surface area contributed by atoms with E-state index >= 15 is 0 Å². The maximum atomic E-state index is 12.0. The summed E-state index contributed by atoms with van der Waals surface area (Å²) < 4.78 is 5.15. The van der Waals surface area contributed by atoms with Gasteiger partial charge in [0.1, 0.15) is 5.75 Å². The second-order valence-corrected chi connectivity index (χ2v) is 4.79. The smallest absolute Gasteiger partial charge is 0.299 e. The Morgan fingerprint density at radius 2 is 2.11 bits per heavy atom. The summed E-state index contributed by atoms with van der Waals surface area (Å²) in [6.07, 6.45) is 0. The lowest BCUT2D eigenvalue weighted by atomic mass is 10.1. The molecule has 0 fully saturated rings. The van der Waals surface area contributed by atoms with E-state index in [-0.39, 0.29) is 5.92 Å². The minimum atomic E-state index is -0.453. The van der Waals surface area contributed by atoms with Crippen LogP contribution in [0.2, 0.25) is 0 Å². The van der Waals surface area contributed by atoms with Crippen LogP contribution in [0.15, 0.2) is 18.2 Å². The lowest BCUT2D eigenvalue weighted by Gasteiger charge is -2.21. The maximum absolute atomic E-state index is 12.0. The second kappa shape index (κ2) is 5.40. The molecule has 0 aliphatic carbocycles. The van der Waals surface area contributed by atoms with E-state index in [0.29, 0.717) is 23.5 Å². The van der Waals surface area contributed by atoms with E-state index < -0.39 is 11.7 Å². The van der Waals surface area contributed by atoms with Crippen LogP contribution in [0.1, 0.15) is 17.3 Å². The van der Waals surface area contributed by atoms with E-state index in [4.69, 9.17) is 4.74 Å². The molecule has 1 amide bonds. The molecule has 1 N–H and O–H groups in total. The largest absolute Gasteiger partial charge is 0.497 e. The Bertz CT molecular complexity index is 513. The van der Waals surface area contributed by atoms with Crippen LogP contribution in [-0.2, 0) is 4.79 Å². The number of anilines is 1. The molecule has 2 rings (SSSR count). The van der Waals surface area contributed by atoms with E-state index in [0.717, 1.165) is 6.54 Å². The van der Waals surface area contributed by atoms with Crippen molar-refractivity contribution >= 4 is 17.4 Å². The number of nitrogens with one attached hydrogen (secondary N) is 1. The lowest BCUT2D eigenvalue weighted by Crippen LogP contribution is -2.36. The van der Waals surface area contributed by atoms with E-state index in [1.165, 1.54) is 0 Å². The van der Waals surface area contributed by atoms with Crippen LogP contribution in [0.5, 0.6) is 5.75 Å². The zero-order chi connectivity index (χ0) is 14.0. The molecule has 0 spiro atoms. The van der Waals surface area contributed by atoms with Gasteiger partial charge in [-0.25, -0.2) is 0 Å². The number of carbonyl (C=O) groups excluding carboxylic acids is 2. The Kier molecular flexibility index (Phi) is 3.85. The van der Waals surface area contributed by atoms with Crippen LogP contribution in [0.4, 0.5) is 5.69 Å². The standard InChI is InChI=1S/C14H18N2O3/c1-9(7-15-2)8-16-12-6-10(19-3)4-5-11(12)13(17)14(16)18/h4-6,9,15H,7-8H2,1-3H3. The van der Waals surface area contributed by atoms with Gasteiger partial charge in [0.25, 0.3) is 11.7 Å². The molecule has 0 radical (unpaired) electrons. The molecule has 1 unspecified atom stereocenters. The number of methoxy groups -OCH3 is 1. The van der Waals surface area contributed by atoms with Crippen molar-refractivity contribution in [3.05, 3.63) is 23.8 Å². The van der Waals surface area contributed by atoms with Crippen molar-refractivity contribution in [3.8, 4) is 5.75 Å². The predicted octanol–water partition coefficient (Wildman–Crippen LogP) is 1.08. The number of nitrogens with zero attached hydrogens (tertiary/aromatic N) is 1. The highest BCUT2D eigenvalue weighted by Crippen LogP contribution is 2.32. The summed E-state index contributed by atoms with van der Waals surface area (Å²) in [7, 11) is 3.43. The van der Waals surface area contributed by atoms with Crippen LogP contribution in [-0.4, -0.2) is 38.9 Å². The van der Waals surface area contributed by atoms with Gasteiger partial charge >= 0.3 is 0 Å². The lowest BCUT2D eigenvalue weighted by molar-refractivity contribution is -0.114. The topological polar surface area (TPSA) is 58.6 Å². The summed E-state index contributed by atoms with van der Waals surface area (Å²) in [5, 5.41) is 3.07. The van der Waals surface area contributed by atoms with Crippen molar-refractivity contribution in [1.29, 1.82) is 0 Å². The third-order valence-electron chi connectivity index (χ3n) is 3.23. The van der Waals surface area contributed by atoms with Gasteiger partial charge in [0.2, 0.25) is 0 Å². The number of rotatable bonds is 5. The molecule has 1 heterocycles. The molecule has 0 saturated heterocycles. The molecule has 0 bridgehead atoms. The van der Waals surface area contributed by atoms with Crippen molar-refractivity contribution in [2.75, 3.05) is 32.1 Å². The monoisotopic (exact) mass is 262 g/mol. The van der Waals surface area contributed by atoms with Gasteiger partial charge in [-0.05, 0) is 31.6 Å². The van der Waals surface area contributed by atoms with Crippen molar-refractivity contribution in [2.45, 2.75) is 6.92 Å². The Morgan fingerprint density at radius 3 is 2.74 bits per heavy atom. The highest BCUT2D eigenvalue weighted by Gasteiger charge is 2.36. The first-order valence-electron chi connectivity index (χ1n) is 6.27. The van der Waals surface area contributed by atoms with Gasteiger partial charge in [0, 0.05) is 12.6 Å². The fourth-order valence-corrected chi connectivity index (χ4v) is 2.31. The summed E-state index contributed by atoms with van der Waals surface area (Å²) in [5.41, 5.74) is 1.11. The first-order chi connectivity index (χ1) is 9.08. The average molecular weight is 262 g/mol. The van der Waals surface area contributed by atoms with Gasteiger partial charge in [-0.3, -0.25) is 9.59 Å². The number of fused-ring (bicyclic) bond motifs is 1. The quantitative estimate of drug-likeness (QED) is 0.807. The summed E-state index contributed by atoms with van der Waals surface area (Å²) in [6, 6.07) is 5.09. The van der Waals surface area contributed by atoms with Crippen molar-refractivity contribution < 1.29 is 14.3 Å². The Labute approximate surface area is 112 Å². The highest BCUT2D eigenvalue weighted by atomic mass is 16.5. The highest BCUT2D eigenvalue weighted by molar-refractivity contribution is 6.52. The Morgan fingerprint density at radius 1 is 1.37 bits per heavy atom. The number of ether oxygens (including phenoxy) is 1. The summed E-state index contributed by atoms with van der Waals surface area (Å²) >= 11 is 0. The Balaban J connectivity index is 2.31. The van der Waals surface area contributed by atoms with E-state index in [1.54, 1.807) is 30.2 Å². The summed E-state index contributed by atoms with van der Waals surface area (Å²) in [5.74, 6) is 0.0203. The van der Waals surface area contributed by atoms with Crippen molar-refractivity contribution in [3.63, 3.8) is 0 Å². The first-order valence-corrected chi connectivity index (χ1v) is 6.27. The van der Waals surface area contributed by atoms with E-state index in [9.17, 15) is 9.59 Å². The molecular weight excluding hydrogens is 244 g/mol. The van der Waals surface area contributed by atoms with Crippen LogP contribution < -0.4 is 15.0 Å². The number of ketones is 1. The van der Waals surface area contributed by atoms with Gasteiger partial charge in [-0.15, -0.1) is 0 Å². The zero-order valence-corrected chi connectivity index (χ0v) is 11.4. The zero-order valence-electron chi connectivity index (χ0n) is 11.4. The van der Waals surface area contributed by atoms with Crippen LogP contribution in [0.3, 0.4) is 0 Å². The van der Waals surface area contributed by atoms with Gasteiger partial charge in [0.05, 0.1) is 18.4 Å². The molecule has 19 heavy (non-hydrogen) atoms. The summed E-state index contributed by atoms with van der Waals surface area (Å²) in [4.78, 5) is 25.5. The normalized spacial score (nSPS) is 15.6. The fraction of sp³-hybridized carbons (Fsp3) is 0.429. The molecule has 0 saturated carbocycles. The van der Waals surface area contributed by atoms with Gasteiger partial charge in [-0.2, -0.15) is 0 Å². The fourth-order valence-electron chi connectivity index (χ4n) is 2.31. The van der Waals surface area contributed by atoms with Gasteiger partial charge in [-0.1, -0.05) is 6.92 Å². The average Bonchev–Trinajstić information content (AvgIpc) is 2.64. The third-order valence-corrected chi connectivity index (χ3v) is 3.23. The number of amides is 1. The van der Waals surface area contributed by atoms with Crippen LogP contribution in [0, 0.1) is 5.92 Å². The van der Waals surface area contributed by atoms with Crippen molar-refractivity contribution in [1.82, 2.24) is 5.32 Å². The molecule has 0 aromatic heterocycles. The number of carbonyl (C=O) groups is 2. The number of benzene rings is 1.